The lowest BCUT2D eigenvalue weighted by Crippen LogP contribution is -2.15. The molecule has 0 aliphatic rings. The van der Waals surface area contributed by atoms with Crippen LogP contribution in [0.3, 0.4) is 0 Å². The monoisotopic (exact) mass is 572 g/mol. The van der Waals surface area contributed by atoms with Gasteiger partial charge in [0.1, 0.15) is 11.5 Å². The molecule has 1 N–H and O–H groups in total. The Morgan fingerprint density at radius 3 is 2.49 bits per heavy atom. The first-order valence-corrected chi connectivity index (χ1v) is 12.8. The second kappa shape index (κ2) is 11.6. The van der Waals surface area contributed by atoms with Crippen molar-refractivity contribution in [1.29, 1.82) is 0 Å². The summed E-state index contributed by atoms with van der Waals surface area (Å²) in [6.07, 6.45) is -0.399. The lowest BCUT2D eigenvalue weighted by Gasteiger charge is -2.17. The largest absolute Gasteiger partial charge is 0.497 e. The van der Waals surface area contributed by atoms with E-state index in [4.69, 9.17) is 21.1 Å². The Balaban J connectivity index is 1.52. The summed E-state index contributed by atoms with van der Waals surface area (Å²) >= 11 is 10.8. The Hall–Kier alpha value is -3.01. The number of carbonyl (C=O) groups excluding carboxylic acids is 1. The minimum absolute atomic E-state index is 0.145. The first kappa shape index (κ1) is 25.1. The van der Waals surface area contributed by atoms with Gasteiger partial charge < -0.3 is 14.8 Å². The van der Waals surface area contributed by atoms with E-state index in [0.717, 1.165) is 15.9 Å². The molecule has 0 spiro atoms. The second-order valence-electron chi connectivity index (χ2n) is 7.41. The number of nitrogens with zero attached hydrogens (tertiary/aromatic N) is 3. The van der Waals surface area contributed by atoms with Crippen LogP contribution in [0, 0.1) is 0 Å². The maximum atomic E-state index is 12.6. The predicted molar refractivity (Wildman–Crippen MR) is 142 cm³/mol. The normalized spacial score (nSPS) is 11.7. The van der Waals surface area contributed by atoms with Crippen LogP contribution in [0.15, 0.2) is 82.4 Å². The highest BCUT2D eigenvalue weighted by molar-refractivity contribution is 9.10. The molecule has 0 radical (unpaired) electrons. The molecule has 0 saturated heterocycles. The van der Waals surface area contributed by atoms with Crippen LogP contribution in [0.5, 0.6) is 11.5 Å². The lowest BCUT2D eigenvalue weighted by atomic mass is 10.3. The number of anilines is 1. The third kappa shape index (κ3) is 6.36. The fourth-order valence-electron chi connectivity index (χ4n) is 3.27. The van der Waals surface area contributed by atoms with Crippen LogP contribution >= 0.6 is 39.3 Å². The van der Waals surface area contributed by atoms with Crippen LogP contribution < -0.4 is 14.8 Å². The van der Waals surface area contributed by atoms with Gasteiger partial charge in [0.25, 0.3) is 0 Å². The van der Waals surface area contributed by atoms with Gasteiger partial charge >= 0.3 is 0 Å². The third-order valence-electron chi connectivity index (χ3n) is 4.94. The Labute approximate surface area is 220 Å². The first-order chi connectivity index (χ1) is 16.9. The molecule has 0 fully saturated rings. The molecule has 1 atom stereocenters. The smallest absolute Gasteiger partial charge is 0.234 e. The van der Waals surface area contributed by atoms with Crippen LogP contribution in [0.25, 0.3) is 5.69 Å². The molecule has 7 nitrogen and oxygen atoms in total. The molecule has 0 aliphatic carbocycles. The number of hydrogen-bond acceptors (Lipinski definition) is 6. The van der Waals surface area contributed by atoms with E-state index in [2.05, 4.69) is 31.4 Å². The van der Waals surface area contributed by atoms with Crippen LogP contribution in [0.2, 0.25) is 5.02 Å². The van der Waals surface area contributed by atoms with Gasteiger partial charge in [0.05, 0.1) is 17.9 Å². The summed E-state index contributed by atoms with van der Waals surface area (Å²) < 4.78 is 14.0. The molecule has 4 aromatic rings. The quantitative estimate of drug-likeness (QED) is 0.228. The van der Waals surface area contributed by atoms with Crippen molar-refractivity contribution in [3.8, 4) is 17.2 Å². The number of thioether (sulfide) groups is 1. The Morgan fingerprint density at radius 2 is 1.80 bits per heavy atom. The minimum atomic E-state index is -0.399. The van der Waals surface area contributed by atoms with Gasteiger partial charge in [-0.05, 0) is 77.5 Å². The Bertz CT molecular complexity index is 1300. The predicted octanol–water partition coefficient (Wildman–Crippen LogP) is 6.56. The number of aromatic nitrogens is 3. The van der Waals surface area contributed by atoms with E-state index >= 15 is 0 Å². The number of carbonyl (C=O) groups is 1. The van der Waals surface area contributed by atoms with Gasteiger partial charge in [-0.15, -0.1) is 10.2 Å². The van der Waals surface area contributed by atoms with Gasteiger partial charge in [-0.2, -0.15) is 0 Å². The standard InChI is InChI=1S/C25H22BrClN4O3S/c1-16(34-20-11-9-19(33-2)10-12-20)24-29-30-25(31(24)18-6-4-3-5-7-18)35-15-23(32)28-17-8-13-21(26)22(27)14-17/h3-14,16H,15H2,1-2H3,(H,28,32). The highest BCUT2D eigenvalue weighted by Crippen LogP contribution is 2.29. The van der Waals surface area contributed by atoms with Crippen LogP contribution in [-0.4, -0.2) is 33.5 Å². The van der Waals surface area contributed by atoms with Gasteiger partial charge in [-0.25, -0.2) is 0 Å². The molecule has 180 valence electrons. The van der Waals surface area contributed by atoms with Gasteiger partial charge in [0.2, 0.25) is 5.91 Å². The highest BCUT2D eigenvalue weighted by atomic mass is 79.9. The zero-order valence-electron chi connectivity index (χ0n) is 18.9. The lowest BCUT2D eigenvalue weighted by molar-refractivity contribution is -0.113. The van der Waals surface area contributed by atoms with Gasteiger partial charge in [0.15, 0.2) is 17.1 Å². The van der Waals surface area contributed by atoms with Crippen molar-refractivity contribution < 1.29 is 14.3 Å². The van der Waals surface area contributed by atoms with Crippen LogP contribution in [0.1, 0.15) is 18.9 Å². The van der Waals surface area contributed by atoms with E-state index in [1.54, 1.807) is 25.3 Å². The SMILES string of the molecule is COc1ccc(OC(C)c2nnc(SCC(=O)Nc3ccc(Br)c(Cl)c3)n2-c2ccccc2)cc1. The average Bonchev–Trinajstić information content (AvgIpc) is 3.30. The first-order valence-electron chi connectivity index (χ1n) is 10.6. The Morgan fingerprint density at radius 1 is 1.09 bits per heavy atom. The topological polar surface area (TPSA) is 78.3 Å². The number of para-hydroxylation sites is 1. The summed E-state index contributed by atoms with van der Waals surface area (Å²) in [5.41, 5.74) is 1.50. The van der Waals surface area contributed by atoms with E-state index in [0.29, 0.717) is 27.4 Å². The number of rotatable bonds is 9. The number of methoxy groups -OCH3 is 1. The number of benzene rings is 3. The molecular formula is C25H22BrClN4O3S. The number of ether oxygens (including phenoxy) is 2. The molecule has 1 unspecified atom stereocenters. The van der Waals surface area contributed by atoms with E-state index < -0.39 is 6.10 Å². The van der Waals surface area contributed by atoms with Gasteiger partial charge in [-0.1, -0.05) is 41.6 Å². The van der Waals surface area contributed by atoms with Crippen LogP contribution in [0.4, 0.5) is 5.69 Å². The van der Waals surface area contributed by atoms with E-state index in [9.17, 15) is 4.79 Å². The fraction of sp³-hybridized carbons (Fsp3) is 0.160. The molecule has 0 saturated carbocycles. The third-order valence-corrected chi connectivity index (χ3v) is 7.11. The molecule has 3 aromatic carbocycles. The molecule has 1 heterocycles. The van der Waals surface area contributed by atoms with Gasteiger partial charge in [0, 0.05) is 15.8 Å². The fourth-order valence-corrected chi connectivity index (χ4v) is 4.46. The number of hydrogen-bond donors (Lipinski definition) is 1. The highest BCUT2D eigenvalue weighted by Gasteiger charge is 2.21. The molecule has 35 heavy (non-hydrogen) atoms. The summed E-state index contributed by atoms with van der Waals surface area (Å²) in [7, 11) is 1.62. The van der Waals surface area contributed by atoms with Gasteiger partial charge in [-0.3, -0.25) is 9.36 Å². The average molecular weight is 574 g/mol. The van der Waals surface area contributed by atoms with Crippen molar-refractivity contribution >= 4 is 50.9 Å². The maximum absolute atomic E-state index is 12.6. The van der Waals surface area contributed by atoms with Crippen molar-refractivity contribution in [3.05, 3.63) is 88.1 Å². The molecule has 1 amide bonds. The van der Waals surface area contributed by atoms with Crippen molar-refractivity contribution in [2.24, 2.45) is 0 Å². The summed E-state index contributed by atoms with van der Waals surface area (Å²) in [5.74, 6) is 2.02. The second-order valence-corrected chi connectivity index (χ2v) is 9.62. The van der Waals surface area contributed by atoms with E-state index in [1.807, 2.05) is 66.1 Å². The van der Waals surface area contributed by atoms with Crippen molar-refractivity contribution in [2.75, 3.05) is 18.2 Å². The summed E-state index contributed by atoms with van der Waals surface area (Å²) in [6, 6.07) is 22.3. The van der Waals surface area contributed by atoms with Crippen molar-refractivity contribution in [3.63, 3.8) is 0 Å². The summed E-state index contributed by atoms with van der Waals surface area (Å²) in [6.45, 7) is 1.91. The van der Waals surface area contributed by atoms with E-state index in [-0.39, 0.29) is 11.7 Å². The van der Waals surface area contributed by atoms with Crippen molar-refractivity contribution in [2.45, 2.75) is 18.2 Å². The molecule has 4 rings (SSSR count). The van der Waals surface area contributed by atoms with Crippen LogP contribution in [-0.2, 0) is 4.79 Å². The molecule has 0 aliphatic heterocycles. The molecule has 10 heteroatoms. The summed E-state index contributed by atoms with van der Waals surface area (Å²) in [5, 5.41) is 12.7. The Kier molecular flexibility index (Phi) is 8.33. The van der Waals surface area contributed by atoms with Crippen molar-refractivity contribution in [1.82, 2.24) is 14.8 Å². The molecule has 0 bridgehead atoms. The zero-order chi connectivity index (χ0) is 24.8. The zero-order valence-corrected chi connectivity index (χ0v) is 22.1. The number of halogens is 2. The number of nitrogens with one attached hydrogen (secondary N) is 1. The minimum Gasteiger partial charge on any atom is -0.497 e. The molecule has 1 aromatic heterocycles. The maximum Gasteiger partial charge on any atom is 0.234 e. The summed E-state index contributed by atoms with van der Waals surface area (Å²) in [4.78, 5) is 12.6. The van der Waals surface area contributed by atoms with E-state index in [1.165, 1.54) is 11.8 Å². The number of amides is 1. The molecular weight excluding hydrogens is 552 g/mol.